The van der Waals surface area contributed by atoms with E-state index in [9.17, 15) is 22.8 Å². The summed E-state index contributed by atoms with van der Waals surface area (Å²) in [7, 11) is 0. The fraction of sp³-hybridized carbons (Fsp3) is 0.235. The Morgan fingerprint density at radius 1 is 1.35 bits per heavy atom. The molecule has 2 aromatic heterocycles. The van der Waals surface area contributed by atoms with Crippen LogP contribution < -0.4 is 11.1 Å². The summed E-state index contributed by atoms with van der Waals surface area (Å²) < 4.78 is 45.9. The Morgan fingerprint density at radius 2 is 2.12 bits per heavy atom. The third kappa shape index (κ3) is 3.61. The molecule has 0 aliphatic carbocycles. The first-order chi connectivity index (χ1) is 12.3. The lowest BCUT2D eigenvalue weighted by molar-refractivity contribution is -0.163. The normalized spacial score (nSPS) is 12.9. The summed E-state index contributed by atoms with van der Waals surface area (Å²) in [6.07, 6.45) is -2.35. The minimum Gasteiger partial charge on any atom is -0.408 e. The number of amides is 1. The van der Waals surface area contributed by atoms with E-state index in [-0.39, 0.29) is 11.1 Å². The van der Waals surface area contributed by atoms with Gasteiger partial charge in [0.15, 0.2) is 11.6 Å². The molecule has 0 aliphatic heterocycles. The molecule has 0 fully saturated rings. The van der Waals surface area contributed by atoms with Crippen LogP contribution in [0.2, 0.25) is 0 Å². The first-order valence-corrected chi connectivity index (χ1v) is 7.61. The zero-order valence-corrected chi connectivity index (χ0v) is 13.6. The van der Waals surface area contributed by atoms with Crippen LogP contribution in [0.3, 0.4) is 0 Å². The highest BCUT2D eigenvalue weighted by atomic mass is 19.4. The molecule has 0 spiro atoms. The van der Waals surface area contributed by atoms with Gasteiger partial charge in [0.1, 0.15) is 6.54 Å². The van der Waals surface area contributed by atoms with Crippen molar-refractivity contribution in [1.82, 2.24) is 14.9 Å². The number of aryl methyl sites for hydroxylation is 1. The highest BCUT2D eigenvalue weighted by Gasteiger charge is 2.42. The van der Waals surface area contributed by atoms with E-state index < -0.39 is 30.4 Å². The van der Waals surface area contributed by atoms with Crippen molar-refractivity contribution in [3.63, 3.8) is 0 Å². The predicted molar refractivity (Wildman–Crippen MR) is 86.4 cm³/mol. The monoisotopic (exact) mass is 365 g/mol. The maximum atomic E-state index is 13.3. The van der Waals surface area contributed by atoms with Crippen LogP contribution in [-0.2, 0) is 11.3 Å². The topological polar surface area (TPSA) is 77.1 Å². The van der Waals surface area contributed by atoms with Gasteiger partial charge < -0.3 is 9.73 Å². The number of alkyl halides is 3. The van der Waals surface area contributed by atoms with Crippen molar-refractivity contribution in [3.05, 3.63) is 64.4 Å². The quantitative estimate of drug-likeness (QED) is 0.771. The summed E-state index contributed by atoms with van der Waals surface area (Å²) in [5, 5.41) is 1.91. The van der Waals surface area contributed by atoms with Crippen molar-refractivity contribution < 1.29 is 22.4 Å². The van der Waals surface area contributed by atoms with E-state index in [1.807, 2.05) is 5.32 Å². The van der Waals surface area contributed by atoms with E-state index >= 15 is 0 Å². The van der Waals surface area contributed by atoms with E-state index in [1.165, 1.54) is 18.3 Å². The third-order valence-corrected chi connectivity index (χ3v) is 3.78. The van der Waals surface area contributed by atoms with Gasteiger partial charge in [-0.25, -0.2) is 4.79 Å². The third-order valence-electron chi connectivity index (χ3n) is 3.78. The number of pyridine rings is 1. The van der Waals surface area contributed by atoms with Crippen LogP contribution in [0.4, 0.5) is 13.2 Å². The Kier molecular flexibility index (Phi) is 4.54. The van der Waals surface area contributed by atoms with Crippen LogP contribution in [0.1, 0.15) is 17.2 Å². The molecular weight excluding hydrogens is 351 g/mol. The smallest absolute Gasteiger partial charge is 0.408 e. The molecule has 1 unspecified atom stereocenters. The SMILES string of the molecule is Cc1ccc2oc(=O)n(CC(=O)NC(c3cccnc3)C(F)(F)F)c2c1. The molecule has 0 aliphatic rings. The summed E-state index contributed by atoms with van der Waals surface area (Å²) in [6, 6.07) is 5.24. The standard InChI is InChI=1S/C17H14F3N3O3/c1-10-4-5-13-12(7-10)23(16(25)26-13)9-14(24)22-15(17(18,19)20)11-3-2-6-21-8-11/h2-8,15H,9H2,1H3,(H,22,24). The molecule has 2 heterocycles. The minimum atomic E-state index is -4.71. The largest absolute Gasteiger partial charge is 0.420 e. The fourth-order valence-corrected chi connectivity index (χ4v) is 2.57. The van der Waals surface area contributed by atoms with Gasteiger partial charge in [-0.2, -0.15) is 13.2 Å². The zero-order valence-electron chi connectivity index (χ0n) is 13.6. The van der Waals surface area contributed by atoms with E-state index in [1.54, 1.807) is 25.1 Å². The minimum absolute atomic E-state index is 0.200. The lowest BCUT2D eigenvalue weighted by Crippen LogP contribution is -2.40. The first kappa shape index (κ1) is 17.7. The van der Waals surface area contributed by atoms with Crippen LogP contribution in [-0.4, -0.2) is 21.6 Å². The van der Waals surface area contributed by atoms with Crippen LogP contribution in [0.15, 0.2) is 51.9 Å². The Morgan fingerprint density at radius 3 is 2.77 bits per heavy atom. The number of hydrogen-bond acceptors (Lipinski definition) is 4. The number of nitrogens with one attached hydrogen (secondary N) is 1. The summed E-state index contributed by atoms with van der Waals surface area (Å²) in [6.45, 7) is 1.19. The Bertz CT molecular complexity index is 993. The lowest BCUT2D eigenvalue weighted by Gasteiger charge is -2.21. The van der Waals surface area contributed by atoms with Gasteiger partial charge in [-0.1, -0.05) is 12.1 Å². The van der Waals surface area contributed by atoms with E-state index in [0.717, 1.165) is 16.3 Å². The van der Waals surface area contributed by atoms with Crippen molar-refractivity contribution in [1.29, 1.82) is 0 Å². The number of fused-ring (bicyclic) bond motifs is 1. The summed E-state index contributed by atoms with van der Waals surface area (Å²) >= 11 is 0. The molecule has 0 bridgehead atoms. The van der Waals surface area contributed by atoms with Crippen molar-refractivity contribution >= 4 is 17.0 Å². The molecule has 0 radical (unpaired) electrons. The molecule has 1 N–H and O–H groups in total. The highest BCUT2D eigenvalue weighted by molar-refractivity contribution is 5.80. The van der Waals surface area contributed by atoms with Crippen molar-refractivity contribution in [3.8, 4) is 0 Å². The molecule has 0 saturated carbocycles. The van der Waals surface area contributed by atoms with Crippen molar-refractivity contribution in [2.75, 3.05) is 0 Å². The van der Waals surface area contributed by atoms with E-state index in [2.05, 4.69) is 4.98 Å². The predicted octanol–water partition coefficient (Wildman–Crippen LogP) is 2.72. The van der Waals surface area contributed by atoms with Crippen LogP contribution in [0.5, 0.6) is 0 Å². The number of nitrogens with zero attached hydrogens (tertiary/aromatic N) is 2. The summed E-state index contributed by atoms with van der Waals surface area (Å²) in [4.78, 5) is 27.8. The van der Waals surface area contributed by atoms with Crippen molar-refractivity contribution in [2.45, 2.75) is 25.7 Å². The first-order valence-electron chi connectivity index (χ1n) is 7.61. The number of carbonyl (C=O) groups is 1. The fourth-order valence-electron chi connectivity index (χ4n) is 2.57. The number of oxazole rings is 1. The number of carbonyl (C=O) groups excluding carboxylic acids is 1. The van der Waals surface area contributed by atoms with Crippen LogP contribution in [0.25, 0.3) is 11.1 Å². The van der Waals surface area contributed by atoms with Gasteiger partial charge in [0.2, 0.25) is 5.91 Å². The summed E-state index contributed by atoms with van der Waals surface area (Å²) in [5.41, 5.74) is 1.22. The second kappa shape index (κ2) is 6.66. The van der Waals surface area contributed by atoms with E-state index in [4.69, 9.17) is 4.42 Å². The molecule has 9 heteroatoms. The molecule has 1 atom stereocenters. The van der Waals surface area contributed by atoms with Crippen molar-refractivity contribution in [2.24, 2.45) is 0 Å². The number of halogens is 3. The zero-order chi connectivity index (χ0) is 18.9. The molecule has 0 saturated heterocycles. The molecule has 26 heavy (non-hydrogen) atoms. The van der Waals surface area contributed by atoms with Gasteiger partial charge >= 0.3 is 11.9 Å². The maximum absolute atomic E-state index is 13.3. The Balaban J connectivity index is 1.87. The van der Waals surface area contributed by atoms with Gasteiger partial charge in [0, 0.05) is 18.0 Å². The van der Waals surface area contributed by atoms with E-state index in [0.29, 0.717) is 5.52 Å². The van der Waals surface area contributed by atoms with Gasteiger partial charge in [-0.15, -0.1) is 0 Å². The summed E-state index contributed by atoms with van der Waals surface area (Å²) in [5.74, 6) is -1.78. The van der Waals surface area contributed by atoms with Crippen LogP contribution >= 0.6 is 0 Å². The van der Waals surface area contributed by atoms with Gasteiger partial charge in [-0.05, 0) is 30.7 Å². The number of benzene rings is 1. The number of hydrogen-bond donors (Lipinski definition) is 1. The Labute approximate surface area is 145 Å². The Hall–Kier alpha value is -3.10. The maximum Gasteiger partial charge on any atom is 0.420 e. The molecule has 3 rings (SSSR count). The molecule has 6 nitrogen and oxygen atoms in total. The van der Waals surface area contributed by atoms with Crippen LogP contribution in [0, 0.1) is 6.92 Å². The van der Waals surface area contributed by atoms with Gasteiger partial charge in [0.05, 0.1) is 5.52 Å². The average Bonchev–Trinajstić information content (AvgIpc) is 2.88. The van der Waals surface area contributed by atoms with Gasteiger partial charge in [0.25, 0.3) is 0 Å². The second-order valence-electron chi connectivity index (χ2n) is 5.75. The average molecular weight is 365 g/mol. The number of aromatic nitrogens is 2. The molecule has 136 valence electrons. The second-order valence-corrected chi connectivity index (χ2v) is 5.75. The molecule has 3 aromatic rings. The van der Waals surface area contributed by atoms with Gasteiger partial charge in [-0.3, -0.25) is 14.3 Å². The highest BCUT2D eigenvalue weighted by Crippen LogP contribution is 2.32. The number of rotatable bonds is 4. The lowest BCUT2D eigenvalue weighted by atomic mass is 10.1. The molecule has 1 aromatic carbocycles. The molecular formula is C17H14F3N3O3. The molecule has 1 amide bonds.